The second kappa shape index (κ2) is 6.78. The van der Waals surface area contributed by atoms with Gasteiger partial charge in [-0.05, 0) is 30.5 Å². The maximum absolute atomic E-state index is 4.65. The van der Waals surface area contributed by atoms with Gasteiger partial charge in [-0.25, -0.2) is 9.97 Å². The lowest BCUT2D eigenvalue weighted by Crippen LogP contribution is -2.36. The molecule has 0 N–H and O–H groups in total. The van der Waals surface area contributed by atoms with E-state index in [9.17, 15) is 0 Å². The summed E-state index contributed by atoms with van der Waals surface area (Å²) in [5.41, 5.74) is 1.24. The van der Waals surface area contributed by atoms with E-state index in [1.807, 2.05) is 24.8 Å². The Morgan fingerprint density at radius 3 is 2.75 bits per heavy atom. The molecule has 4 heterocycles. The molecule has 0 radical (unpaired) electrons. The molecule has 6 heteroatoms. The van der Waals surface area contributed by atoms with Crippen LogP contribution in [-0.2, 0) is 6.54 Å². The number of rotatable bonds is 4. The van der Waals surface area contributed by atoms with Crippen molar-refractivity contribution in [2.24, 2.45) is 0 Å². The number of aromatic nitrogens is 5. The van der Waals surface area contributed by atoms with E-state index in [0.717, 1.165) is 44.1 Å². The number of imidazole rings is 1. The normalized spacial score (nSPS) is 17.8. The monoisotopic (exact) mass is 320 g/mol. The van der Waals surface area contributed by atoms with Crippen molar-refractivity contribution in [2.45, 2.75) is 25.3 Å². The number of pyridine rings is 1. The highest BCUT2D eigenvalue weighted by Crippen LogP contribution is 2.28. The zero-order valence-electron chi connectivity index (χ0n) is 13.5. The predicted octanol–water partition coefficient (Wildman–Crippen LogP) is 2.50. The molecule has 1 aliphatic rings. The number of hydrogen-bond donors (Lipinski definition) is 0. The first-order valence-electron chi connectivity index (χ1n) is 8.31. The molecular weight excluding hydrogens is 300 g/mol. The highest BCUT2D eigenvalue weighted by Gasteiger charge is 2.25. The van der Waals surface area contributed by atoms with Crippen LogP contribution < -0.4 is 4.90 Å². The third-order valence-electron chi connectivity index (χ3n) is 4.51. The smallest absolute Gasteiger partial charge is 0.147 e. The molecule has 1 atom stereocenters. The van der Waals surface area contributed by atoms with Crippen LogP contribution in [0.25, 0.3) is 0 Å². The first-order chi connectivity index (χ1) is 11.9. The van der Waals surface area contributed by atoms with E-state index >= 15 is 0 Å². The first kappa shape index (κ1) is 14.8. The standard InChI is InChI=1S/C18H20N6/c1-2-16(14-23(10-1)17-12-20-7-8-21-17)18-22-9-11-24(18)13-15-3-5-19-6-4-15/h3-9,11-12,16H,1-2,10,13-14H2. The zero-order valence-corrected chi connectivity index (χ0v) is 13.5. The van der Waals surface area contributed by atoms with Crippen LogP contribution in [0.3, 0.4) is 0 Å². The largest absolute Gasteiger partial charge is 0.355 e. The average molecular weight is 320 g/mol. The van der Waals surface area contributed by atoms with Gasteiger partial charge >= 0.3 is 0 Å². The summed E-state index contributed by atoms with van der Waals surface area (Å²) in [6.45, 7) is 2.80. The molecule has 0 amide bonds. The maximum Gasteiger partial charge on any atom is 0.147 e. The number of nitrogens with zero attached hydrogens (tertiary/aromatic N) is 6. The van der Waals surface area contributed by atoms with Crippen LogP contribution in [-0.4, -0.2) is 37.6 Å². The Bertz CT molecular complexity index is 770. The zero-order chi connectivity index (χ0) is 16.2. The van der Waals surface area contributed by atoms with Gasteiger partial charge in [0.2, 0.25) is 0 Å². The molecule has 0 saturated carbocycles. The van der Waals surface area contributed by atoms with Gasteiger partial charge in [0, 0.05) is 62.7 Å². The lowest BCUT2D eigenvalue weighted by molar-refractivity contribution is 0.474. The fourth-order valence-electron chi connectivity index (χ4n) is 3.35. The molecule has 0 aliphatic carbocycles. The summed E-state index contributed by atoms with van der Waals surface area (Å²) in [5.74, 6) is 2.52. The van der Waals surface area contributed by atoms with E-state index in [0.29, 0.717) is 5.92 Å². The van der Waals surface area contributed by atoms with Crippen molar-refractivity contribution >= 4 is 5.82 Å². The van der Waals surface area contributed by atoms with E-state index in [4.69, 9.17) is 0 Å². The van der Waals surface area contributed by atoms with Crippen LogP contribution in [0.15, 0.2) is 55.5 Å². The van der Waals surface area contributed by atoms with E-state index in [1.165, 1.54) is 5.56 Å². The summed E-state index contributed by atoms with van der Waals surface area (Å²) in [6, 6.07) is 4.10. The quantitative estimate of drug-likeness (QED) is 0.739. The van der Waals surface area contributed by atoms with Crippen LogP contribution in [0.5, 0.6) is 0 Å². The van der Waals surface area contributed by atoms with Crippen LogP contribution in [0.4, 0.5) is 5.82 Å². The fraction of sp³-hybridized carbons (Fsp3) is 0.333. The minimum absolute atomic E-state index is 0.414. The van der Waals surface area contributed by atoms with Gasteiger partial charge in [-0.2, -0.15) is 0 Å². The predicted molar refractivity (Wildman–Crippen MR) is 91.8 cm³/mol. The van der Waals surface area contributed by atoms with Crippen molar-refractivity contribution < 1.29 is 0 Å². The Morgan fingerprint density at radius 2 is 1.92 bits per heavy atom. The molecule has 1 saturated heterocycles. The number of piperidine rings is 1. The molecule has 0 spiro atoms. The Labute approximate surface area is 141 Å². The van der Waals surface area contributed by atoms with Crippen LogP contribution in [0, 0.1) is 0 Å². The van der Waals surface area contributed by atoms with Crippen molar-refractivity contribution in [3.63, 3.8) is 0 Å². The van der Waals surface area contributed by atoms with Crippen molar-refractivity contribution in [3.05, 3.63) is 66.9 Å². The molecule has 0 bridgehead atoms. The van der Waals surface area contributed by atoms with E-state index in [1.54, 1.807) is 12.4 Å². The Morgan fingerprint density at radius 1 is 1.00 bits per heavy atom. The number of anilines is 1. The topological polar surface area (TPSA) is 59.7 Å². The summed E-state index contributed by atoms with van der Waals surface area (Å²) in [7, 11) is 0. The van der Waals surface area contributed by atoms with Gasteiger partial charge < -0.3 is 9.47 Å². The van der Waals surface area contributed by atoms with Crippen LogP contribution in [0.2, 0.25) is 0 Å². The molecular formula is C18H20N6. The molecule has 1 aliphatic heterocycles. The summed E-state index contributed by atoms with van der Waals surface area (Å²) < 4.78 is 2.25. The highest BCUT2D eigenvalue weighted by molar-refractivity contribution is 5.36. The first-order valence-corrected chi connectivity index (χ1v) is 8.31. The lowest BCUT2D eigenvalue weighted by atomic mass is 9.97. The Hall–Kier alpha value is -2.76. The third kappa shape index (κ3) is 3.13. The SMILES string of the molecule is c1cc(Cn2ccnc2C2CCCN(c3cnccn3)C2)ccn1. The Kier molecular flexibility index (Phi) is 4.18. The van der Waals surface area contributed by atoms with Gasteiger partial charge in [-0.3, -0.25) is 9.97 Å². The molecule has 1 fully saturated rings. The molecule has 122 valence electrons. The van der Waals surface area contributed by atoms with Gasteiger partial charge in [0.05, 0.1) is 6.20 Å². The molecule has 1 unspecified atom stereocenters. The van der Waals surface area contributed by atoms with Crippen molar-refractivity contribution in [3.8, 4) is 0 Å². The summed E-state index contributed by atoms with van der Waals surface area (Å²) >= 11 is 0. The van der Waals surface area contributed by atoms with Crippen molar-refractivity contribution in [1.82, 2.24) is 24.5 Å². The van der Waals surface area contributed by atoms with E-state index in [2.05, 4.69) is 47.7 Å². The summed E-state index contributed by atoms with van der Waals surface area (Å²) in [4.78, 5) is 19.7. The van der Waals surface area contributed by atoms with E-state index in [-0.39, 0.29) is 0 Å². The second-order valence-electron chi connectivity index (χ2n) is 6.12. The molecule has 4 rings (SSSR count). The minimum atomic E-state index is 0.414. The van der Waals surface area contributed by atoms with Gasteiger partial charge in [0.25, 0.3) is 0 Å². The van der Waals surface area contributed by atoms with Gasteiger partial charge in [0.15, 0.2) is 0 Å². The third-order valence-corrected chi connectivity index (χ3v) is 4.51. The number of hydrogen-bond acceptors (Lipinski definition) is 5. The fourth-order valence-corrected chi connectivity index (χ4v) is 3.35. The average Bonchev–Trinajstić information content (AvgIpc) is 3.12. The summed E-state index contributed by atoms with van der Waals surface area (Å²) in [6.07, 6.45) is 15.2. The molecule has 6 nitrogen and oxygen atoms in total. The highest BCUT2D eigenvalue weighted by atomic mass is 15.2. The van der Waals surface area contributed by atoms with Gasteiger partial charge in [-0.1, -0.05) is 0 Å². The molecule has 3 aromatic rings. The van der Waals surface area contributed by atoms with Gasteiger partial charge in [-0.15, -0.1) is 0 Å². The van der Waals surface area contributed by atoms with Crippen molar-refractivity contribution in [1.29, 1.82) is 0 Å². The maximum atomic E-state index is 4.65. The molecule has 0 aromatic carbocycles. The van der Waals surface area contributed by atoms with Crippen LogP contribution >= 0.6 is 0 Å². The lowest BCUT2D eigenvalue weighted by Gasteiger charge is -2.33. The van der Waals surface area contributed by atoms with E-state index < -0.39 is 0 Å². The van der Waals surface area contributed by atoms with Crippen LogP contribution in [0.1, 0.15) is 30.1 Å². The Balaban J connectivity index is 1.53. The second-order valence-corrected chi connectivity index (χ2v) is 6.12. The summed E-state index contributed by atoms with van der Waals surface area (Å²) in [5, 5.41) is 0. The molecule has 24 heavy (non-hydrogen) atoms. The van der Waals surface area contributed by atoms with Crippen molar-refractivity contribution in [2.75, 3.05) is 18.0 Å². The minimum Gasteiger partial charge on any atom is -0.355 e. The molecule has 3 aromatic heterocycles. The van der Waals surface area contributed by atoms with Gasteiger partial charge in [0.1, 0.15) is 11.6 Å².